The number of carbonyl (C=O) groups is 2. The number of nitrogens with one attached hydrogen (secondary N) is 1. The molecule has 2 aromatic rings. The summed E-state index contributed by atoms with van der Waals surface area (Å²) in [5, 5.41) is 11.8. The summed E-state index contributed by atoms with van der Waals surface area (Å²) >= 11 is 0. The van der Waals surface area contributed by atoms with E-state index in [1.807, 2.05) is 30.4 Å². The number of nitrogens with zero attached hydrogens (tertiary/aromatic N) is 1. The van der Waals surface area contributed by atoms with Gasteiger partial charge in [-0.1, -0.05) is 73.5 Å². The van der Waals surface area contributed by atoms with Crippen LogP contribution in [-0.2, 0) is 32.2 Å². The molecule has 1 aliphatic heterocycles. The second kappa shape index (κ2) is 15.7. The van der Waals surface area contributed by atoms with Gasteiger partial charge in [-0.25, -0.2) is 0 Å². The van der Waals surface area contributed by atoms with Crippen LogP contribution in [0.2, 0.25) is 0 Å². The fourth-order valence-corrected chi connectivity index (χ4v) is 5.84. The van der Waals surface area contributed by atoms with E-state index in [1.165, 1.54) is 32.6 Å². The maximum absolute atomic E-state index is 11.4. The van der Waals surface area contributed by atoms with Gasteiger partial charge in [0.05, 0.1) is 25.4 Å². The summed E-state index contributed by atoms with van der Waals surface area (Å²) in [6, 6.07) is 17.0. The summed E-state index contributed by atoms with van der Waals surface area (Å²) < 4.78 is 12.9. The van der Waals surface area contributed by atoms with E-state index < -0.39 is 5.97 Å². The fraction of sp³-hybridized carbons (Fsp3) is 0.515. The quantitative estimate of drug-likeness (QED) is 0.311. The number of hydrogen-bond donors (Lipinski definition) is 2. The van der Waals surface area contributed by atoms with Gasteiger partial charge >= 0.3 is 5.97 Å². The van der Waals surface area contributed by atoms with E-state index >= 15 is 0 Å². The van der Waals surface area contributed by atoms with Crippen molar-refractivity contribution in [2.75, 3.05) is 19.7 Å². The zero-order chi connectivity index (χ0) is 28.2. The lowest BCUT2D eigenvalue weighted by atomic mass is 9.98. The molecule has 1 saturated carbocycles. The molecular formula is C33H44N2O5. The summed E-state index contributed by atoms with van der Waals surface area (Å²) in [5.74, 6) is -0.818. The Balaban J connectivity index is 1.37. The van der Waals surface area contributed by atoms with Gasteiger partial charge in [0.2, 0.25) is 5.91 Å². The van der Waals surface area contributed by atoms with Crippen LogP contribution < -0.4 is 5.32 Å². The van der Waals surface area contributed by atoms with E-state index in [2.05, 4.69) is 40.5 Å². The van der Waals surface area contributed by atoms with Gasteiger partial charge in [-0.05, 0) is 67.4 Å². The molecule has 0 unspecified atom stereocenters. The molecule has 2 N–H and O–H groups in total. The van der Waals surface area contributed by atoms with Gasteiger partial charge in [-0.3, -0.25) is 14.5 Å². The number of likely N-dealkylation sites (tertiary alicyclic amines) is 1. The zero-order valence-corrected chi connectivity index (χ0v) is 23.7. The van der Waals surface area contributed by atoms with E-state index in [-0.39, 0.29) is 24.5 Å². The van der Waals surface area contributed by atoms with Crippen LogP contribution in [0.5, 0.6) is 0 Å². The number of carboxylic acids is 1. The average Bonchev–Trinajstić information content (AvgIpc) is 3.15. The topological polar surface area (TPSA) is 88.1 Å². The minimum atomic E-state index is -0.779. The molecule has 2 aromatic carbocycles. The summed E-state index contributed by atoms with van der Waals surface area (Å²) in [5.41, 5.74) is 4.44. The largest absolute Gasteiger partial charge is 0.481 e. The number of aliphatic carboxylic acids is 1. The molecule has 0 spiro atoms. The number of allylic oxidation sites excluding steroid dienone is 1. The van der Waals surface area contributed by atoms with Crippen molar-refractivity contribution >= 4 is 11.9 Å². The zero-order valence-electron chi connectivity index (χ0n) is 23.7. The number of amides is 1. The standard InChI is InChI=1S/C33H44N2O5/c1-25(36)34-23-28-11-6-7-12-29(28)27-16-14-26(15-17-27)24-40-31-19-18-30(35-20-8-2-3-9-21-35)33(31)39-22-10-4-5-13-32(37)38/h4,6-7,10-12,14-17,30-31,33H,2-3,5,8-9,13,18-24H2,1H3,(H,34,36)(H,37,38)/t30-,31+,33+/m0/s1. The molecule has 1 aliphatic carbocycles. The van der Waals surface area contributed by atoms with Crippen LogP contribution in [-0.4, -0.2) is 59.8 Å². The van der Waals surface area contributed by atoms with Gasteiger partial charge in [0, 0.05) is 25.9 Å². The fourth-order valence-electron chi connectivity index (χ4n) is 5.84. The lowest BCUT2D eigenvalue weighted by Gasteiger charge is -2.33. The molecule has 4 rings (SSSR count). The third kappa shape index (κ3) is 9.01. The van der Waals surface area contributed by atoms with Crippen molar-refractivity contribution < 1.29 is 24.2 Å². The Kier molecular flexibility index (Phi) is 11.8. The van der Waals surface area contributed by atoms with Crippen molar-refractivity contribution in [3.8, 4) is 11.1 Å². The predicted molar refractivity (Wildman–Crippen MR) is 157 cm³/mol. The maximum Gasteiger partial charge on any atom is 0.303 e. The molecule has 1 heterocycles. The number of carbonyl (C=O) groups excluding carboxylic acids is 1. The van der Waals surface area contributed by atoms with Crippen LogP contribution in [0.1, 0.15) is 69.4 Å². The summed E-state index contributed by atoms with van der Waals surface area (Å²) in [7, 11) is 0. The molecule has 40 heavy (non-hydrogen) atoms. The molecule has 0 radical (unpaired) electrons. The summed E-state index contributed by atoms with van der Waals surface area (Å²) in [4.78, 5) is 24.8. The van der Waals surface area contributed by atoms with Crippen molar-refractivity contribution in [3.63, 3.8) is 0 Å². The first kappa shape index (κ1) is 30.0. The highest BCUT2D eigenvalue weighted by atomic mass is 16.5. The smallest absolute Gasteiger partial charge is 0.303 e. The molecule has 0 bridgehead atoms. The van der Waals surface area contributed by atoms with Gasteiger partial charge in [0.15, 0.2) is 0 Å². The predicted octanol–water partition coefficient (Wildman–Crippen LogP) is 5.72. The van der Waals surface area contributed by atoms with Crippen LogP contribution >= 0.6 is 0 Å². The molecule has 2 fully saturated rings. The second-order valence-electron chi connectivity index (χ2n) is 10.9. The first-order valence-electron chi connectivity index (χ1n) is 14.8. The van der Waals surface area contributed by atoms with Crippen LogP contribution in [0, 0.1) is 0 Å². The second-order valence-corrected chi connectivity index (χ2v) is 10.9. The highest BCUT2D eigenvalue weighted by Crippen LogP contribution is 2.32. The Morgan fingerprint density at radius 3 is 2.45 bits per heavy atom. The van der Waals surface area contributed by atoms with E-state index in [9.17, 15) is 9.59 Å². The number of carboxylic acid groups (broad SMARTS) is 1. The first-order valence-corrected chi connectivity index (χ1v) is 14.8. The lowest BCUT2D eigenvalue weighted by molar-refractivity contribution is -0.136. The van der Waals surface area contributed by atoms with E-state index in [1.54, 1.807) is 0 Å². The third-order valence-corrected chi connectivity index (χ3v) is 7.95. The Morgan fingerprint density at radius 1 is 0.975 bits per heavy atom. The molecule has 1 amide bonds. The van der Waals surface area contributed by atoms with Gasteiger partial charge in [0.25, 0.3) is 0 Å². The minimum absolute atomic E-state index is 0.00199. The SMILES string of the molecule is CC(=O)NCc1ccccc1-c1ccc(CO[C@@H]2CC[C@H](N3CCCCCC3)[C@H]2OCC=CCCC(=O)O)cc1. The van der Waals surface area contributed by atoms with Gasteiger partial charge in [0.1, 0.15) is 0 Å². The van der Waals surface area contributed by atoms with Crippen LogP contribution in [0.25, 0.3) is 11.1 Å². The first-order chi connectivity index (χ1) is 19.5. The van der Waals surface area contributed by atoms with Crippen molar-refractivity contribution in [1.29, 1.82) is 0 Å². The van der Waals surface area contributed by atoms with E-state index in [0.29, 0.717) is 32.2 Å². The van der Waals surface area contributed by atoms with Crippen LogP contribution in [0.15, 0.2) is 60.7 Å². The van der Waals surface area contributed by atoms with E-state index in [4.69, 9.17) is 14.6 Å². The van der Waals surface area contributed by atoms with Crippen molar-refractivity contribution in [2.24, 2.45) is 0 Å². The Labute approximate surface area is 238 Å². The lowest BCUT2D eigenvalue weighted by Crippen LogP contribution is -2.45. The molecule has 7 nitrogen and oxygen atoms in total. The highest BCUT2D eigenvalue weighted by Gasteiger charge is 2.40. The number of rotatable bonds is 13. The normalized spacial score (nSPS) is 21.9. The van der Waals surface area contributed by atoms with Gasteiger partial charge in [-0.15, -0.1) is 0 Å². The summed E-state index contributed by atoms with van der Waals surface area (Å²) in [6.07, 6.45) is 11.7. The number of benzene rings is 2. The van der Waals surface area contributed by atoms with Crippen LogP contribution in [0.3, 0.4) is 0 Å². The molecule has 216 valence electrons. The van der Waals surface area contributed by atoms with Crippen molar-refractivity contribution in [2.45, 2.75) is 89.7 Å². The molecule has 3 atom stereocenters. The monoisotopic (exact) mass is 548 g/mol. The van der Waals surface area contributed by atoms with Crippen molar-refractivity contribution in [3.05, 3.63) is 71.8 Å². The minimum Gasteiger partial charge on any atom is -0.481 e. The molecule has 0 aromatic heterocycles. The molecular weight excluding hydrogens is 504 g/mol. The maximum atomic E-state index is 11.4. The molecule has 7 heteroatoms. The van der Waals surface area contributed by atoms with Gasteiger partial charge in [-0.2, -0.15) is 0 Å². The highest BCUT2D eigenvalue weighted by molar-refractivity contribution is 5.74. The number of ether oxygens (including phenoxy) is 2. The van der Waals surface area contributed by atoms with Crippen molar-refractivity contribution in [1.82, 2.24) is 10.2 Å². The Morgan fingerprint density at radius 2 is 1.73 bits per heavy atom. The van der Waals surface area contributed by atoms with E-state index in [0.717, 1.165) is 48.2 Å². The average molecular weight is 549 g/mol. The Hall–Kier alpha value is -3.00. The summed E-state index contributed by atoms with van der Waals surface area (Å²) in [6.45, 7) is 5.28. The van der Waals surface area contributed by atoms with Gasteiger partial charge < -0.3 is 19.9 Å². The molecule has 2 aliphatic rings. The third-order valence-electron chi connectivity index (χ3n) is 7.95. The molecule has 1 saturated heterocycles. The van der Waals surface area contributed by atoms with Crippen LogP contribution in [0.4, 0.5) is 0 Å². The Bertz CT molecular complexity index is 1110. The number of hydrogen-bond acceptors (Lipinski definition) is 5.